The minimum Gasteiger partial charge on any atom is -0.507 e. The van der Waals surface area contributed by atoms with Crippen molar-refractivity contribution in [1.82, 2.24) is 9.80 Å². The Kier molecular flexibility index (Phi) is 6.67. The van der Waals surface area contributed by atoms with Crippen LogP contribution in [0.5, 0.6) is 5.75 Å². The lowest BCUT2D eigenvalue weighted by Gasteiger charge is -2.34. The molecule has 184 valence electrons. The van der Waals surface area contributed by atoms with Crippen LogP contribution in [0.25, 0.3) is 5.76 Å². The molecule has 2 aliphatic rings. The number of aliphatic hydroxyl groups excluding tert-OH is 1. The quantitative estimate of drug-likeness (QED) is 0.357. The summed E-state index contributed by atoms with van der Waals surface area (Å²) in [4.78, 5) is 45.5. The Morgan fingerprint density at radius 3 is 2.40 bits per heavy atom. The van der Waals surface area contributed by atoms with E-state index in [-0.39, 0.29) is 17.9 Å². The molecule has 1 atom stereocenters. The first-order valence-corrected chi connectivity index (χ1v) is 11.8. The summed E-state index contributed by atoms with van der Waals surface area (Å²) in [5.74, 6) is -1.83. The SMILES string of the molecule is CCCOc1ccc(/C(O)=C2/C(=O)C(=O)N(CCCN(C)C)C23C(=O)N(C)c2ccccc23)cc1. The number of ketones is 1. The van der Waals surface area contributed by atoms with Gasteiger partial charge in [-0.3, -0.25) is 14.4 Å². The number of ether oxygens (including phenoxy) is 1. The van der Waals surface area contributed by atoms with Crippen LogP contribution in [0.3, 0.4) is 0 Å². The molecule has 2 aliphatic heterocycles. The van der Waals surface area contributed by atoms with Gasteiger partial charge in [0.05, 0.1) is 12.2 Å². The zero-order chi connectivity index (χ0) is 25.3. The summed E-state index contributed by atoms with van der Waals surface area (Å²) in [6.45, 7) is 3.42. The number of carbonyl (C=O) groups excluding carboxylic acids is 3. The van der Waals surface area contributed by atoms with Gasteiger partial charge in [-0.15, -0.1) is 0 Å². The number of benzene rings is 2. The third kappa shape index (κ3) is 3.87. The molecule has 0 bridgehead atoms. The maximum atomic E-state index is 13.9. The molecule has 1 N–H and O–H groups in total. The fourth-order valence-corrected chi connectivity index (χ4v) is 4.89. The van der Waals surface area contributed by atoms with E-state index in [1.54, 1.807) is 55.6 Å². The minimum absolute atomic E-state index is 0.192. The summed E-state index contributed by atoms with van der Waals surface area (Å²) in [6.07, 6.45) is 1.42. The van der Waals surface area contributed by atoms with Crippen molar-refractivity contribution in [1.29, 1.82) is 0 Å². The molecule has 1 saturated heterocycles. The molecule has 8 heteroatoms. The average molecular weight is 478 g/mol. The number of fused-ring (bicyclic) bond motifs is 2. The van der Waals surface area contributed by atoms with E-state index in [0.717, 1.165) is 6.42 Å². The third-order valence-corrected chi connectivity index (χ3v) is 6.53. The molecule has 2 heterocycles. The van der Waals surface area contributed by atoms with E-state index in [9.17, 15) is 19.5 Å². The number of nitrogens with zero attached hydrogens (tertiary/aromatic N) is 3. The zero-order valence-corrected chi connectivity index (χ0v) is 20.6. The van der Waals surface area contributed by atoms with Crippen LogP contribution >= 0.6 is 0 Å². The molecule has 2 aromatic carbocycles. The van der Waals surface area contributed by atoms with E-state index < -0.39 is 23.1 Å². The van der Waals surface area contributed by atoms with Gasteiger partial charge in [0.15, 0.2) is 5.54 Å². The molecule has 0 aliphatic carbocycles. The van der Waals surface area contributed by atoms with E-state index in [1.165, 1.54) is 9.80 Å². The predicted octanol–water partition coefficient (Wildman–Crippen LogP) is 2.98. The molecular weight excluding hydrogens is 446 g/mol. The maximum absolute atomic E-state index is 13.9. The summed E-state index contributed by atoms with van der Waals surface area (Å²) < 4.78 is 5.61. The molecule has 4 rings (SSSR count). The lowest BCUT2D eigenvalue weighted by Crippen LogP contribution is -2.51. The standard InChI is InChI=1S/C27H31N3O5/c1-5-17-35-19-13-11-18(12-14-19)23(31)22-24(32)25(33)30(16-8-15-28(2)3)27(22)20-9-6-7-10-21(20)29(4)26(27)34/h6-7,9-14,31H,5,8,15-17H2,1-4H3/b23-22+. The predicted molar refractivity (Wildman–Crippen MR) is 133 cm³/mol. The number of Topliss-reactive ketones (excluding diaryl/α,β-unsaturated/α-hetero) is 1. The number of para-hydroxylation sites is 1. The molecule has 8 nitrogen and oxygen atoms in total. The molecule has 2 aromatic rings. The Bertz CT molecular complexity index is 1190. The van der Waals surface area contributed by atoms with Crippen molar-refractivity contribution in [2.75, 3.05) is 45.7 Å². The molecule has 35 heavy (non-hydrogen) atoms. The van der Waals surface area contributed by atoms with Gasteiger partial charge in [0.2, 0.25) is 0 Å². The zero-order valence-electron chi connectivity index (χ0n) is 20.6. The highest BCUT2D eigenvalue weighted by Gasteiger charge is 2.66. The van der Waals surface area contributed by atoms with Crippen LogP contribution in [0.2, 0.25) is 0 Å². The van der Waals surface area contributed by atoms with E-state index >= 15 is 0 Å². The van der Waals surface area contributed by atoms with E-state index in [4.69, 9.17) is 4.74 Å². The second-order valence-corrected chi connectivity index (χ2v) is 9.13. The number of amides is 2. The van der Waals surface area contributed by atoms with E-state index in [0.29, 0.717) is 42.1 Å². The molecule has 0 saturated carbocycles. The van der Waals surface area contributed by atoms with E-state index in [2.05, 4.69) is 0 Å². The highest BCUT2D eigenvalue weighted by Crippen LogP contribution is 2.53. The van der Waals surface area contributed by atoms with E-state index in [1.807, 2.05) is 25.9 Å². The average Bonchev–Trinajstić information content (AvgIpc) is 3.21. The van der Waals surface area contributed by atoms with Crippen LogP contribution in [0, 0.1) is 0 Å². The van der Waals surface area contributed by atoms with Crippen molar-refractivity contribution in [3.05, 3.63) is 65.2 Å². The first kappa shape index (κ1) is 24.5. The van der Waals surface area contributed by atoms with Crippen molar-refractivity contribution in [3.8, 4) is 5.75 Å². The Balaban J connectivity index is 1.89. The van der Waals surface area contributed by atoms with Crippen molar-refractivity contribution in [2.24, 2.45) is 0 Å². The van der Waals surface area contributed by atoms with Gasteiger partial charge >= 0.3 is 0 Å². The van der Waals surface area contributed by atoms with Gasteiger partial charge in [-0.1, -0.05) is 25.1 Å². The monoisotopic (exact) mass is 477 g/mol. The second-order valence-electron chi connectivity index (χ2n) is 9.13. The molecular formula is C27H31N3O5. The summed E-state index contributed by atoms with van der Waals surface area (Å²) in [7, 11) is 5.46. The summed E-state index contributed by atoms with van der Waals surface area (Å²) in [5, 5.41) is 11.4. The Morgan fingerprint density at radius 1 is 1.06 bits per heavy atom. The van der Waals surface area contributed by atoms with Gasteiger partial charge in [0, 0.05) is 30.4 Å². The van der Waals surface area contributed by atoms with Crippen LogP contribution in [0.15, 0.2) is 54.1 Å². The highest BCUT2D eigenvalue weighted by atomic mass is 16.5. The Hall–Kier alpha value is -3.65. The van der Waals surface area contributed by atoms with Crippen LogP contribution < -0.4 is 9.64 Å². The van der Waals surface area contributed by atoms with Gasteiger partial charge in [-0.2, -0.15) is 0 Å². The number of likely N-dealkylation sites (N-methyl/N-ethyl adjacent to an activating group) is 1. The molecule has 1 unspecified atom stereocenters. The normalized spacial score (nSPS) is 20.9. The van der Waals surface area contributed by atoms with Gasteiger partial charge < -0.3 is 24.5 Å². The topological polar surface area (TPSA) is 90.4 Å². The number of likely N-dealkylation sites (tertiary alicyclic amines) is 1. The Morgan fingerprint density at radius 2 is 1.74 bits per heavy atom. The van der Waals surface area contributed by atoms with Crippen LogP contribution in [-0.4, -0.2) is 73.3 Å². The second kappa shape index (κ2) is 9.54. The first-order chi connectivity index (χ1) is 16.7. The van der Waals surface area contributed by atoms with Gasteiger partial charge in [-0.25, -0.2) is 0 Å². The number of carbonyl (C=O) groups is 3. The lowest BCUT2D eigenvalue weighted by molar-refractivity contribution is -0.143. The molecule has 0 radical (unpaired) electrons. The maximum Gasteiger partial charge on any atom is 0.296 e. The number of anilines is 1. The van der Waals surface area contributed by atoms with Crippen molar-refractivity contribution >= 4 is 29.0 Å². The van der Waals surface area contributed by atoms with Crippen LogP contribution in [0.1, 0.15) is 30.9 Å². The Labute approximate surface area is 205 Å². The fraction of sp³-hybridized carbons (Fsp3) is 0.370. The minimum atomic E-state index is -1.71. The molecule has 1 spiro atoms. The summed E-state index contributed by atoms with van der Waals surface area (Å²) >= 11 is 0. The molecule has 0 aromatic heterocycles. The van der Waals surface area contributed by atoms with Crippen molar-refractivity contribution in [3.63, 3.8) is 0 Å². The van der Waals surface area contributed by atoms with Crippen molar-refractivity contribution in [2.45, 2.75) is 25.3 Å². The van der Waals surface area contributed by atoms with Crippen molar-refractivity contribution < 1.29 is 24.2 Å². The van der Waals surface area contributed by atoms with Crippen LogP contribution in [-0.2, 0) is 19.9 Å². The first-order valence-electron chi connectivity index (χ1n) is 11.8. The van der Waals surface area contributed by atoms with Gasteiger partial charge in [-0.05, 0) is 63.8 Å². The lowest BCUT2D eigenvalue weighted by atomic mass is 9.82. The van der Waals surface area contributed by atoms with Crippen LogP contribution in [0.4, 0.5) is 5.69 Å². The highest BCUT2D eigenvalue weighted by molar-refractivity contribution is 6.50. The summed E-state index contributed by atoms with van der Waals surface area (Å²) in [5.41, 5.74) is -0.462. The summed E-state index contributed by atoms with van der Waals surface area (Å²) in [6, 6.07) is 13.7. The molecule has 2 amide bonds. The number of hydrogen-bond donors (Lipinski definition) is 1. The van der Waals surface area contributed by atoms with Gasteiger partial charge in [0.25, 0.3) is 17.6 Å². The smallest absolute Gasteiger partial charge is 0.296 e. The number of aliphatic hydroxyl groups is 1. The number of rotatable bonds is 8. The largest absolute Gasteiger partial charge is 0.507 e. The number of hydrogen-bond acceptors (Lipinski definition) is 6. The fourth-order valence-electron chi connectivity index (χ4n) is 4.89. The molecule has 1 fully saturated rings. The third-order valence-electron chi connectivity index (χ3n) is 6.53. The van der Waals surface area contributed by atoms with Gasteiger partial charge in [0.1, 0.15) is 11.5 Å².